The Hall–Kier alpha value is -4.20. The normalized spacial score (nSPS) is 22.5. The number of aryl methyl sites for hydroxylation is 1. The Balaban J connectivity index is 1.29. The molecule has 3 atom stereocenters. The fraction of sp³-hybridized carbons (Fsp3) is 0.364. The molecular weight excluding hydrogens is 517 g/mol. The van der Waals surface area contributed by atoms with Gasteiger partial charge in [-0.2, -0.15) is 5.10 Å². The highest BCUT2D eigenvalue weighted by atomic mass is 19.1. The summed E-state index contributed by atoms with van der Waals surface area (Å²) in [5.41, 5.74) is 3.50. The number of piperidine rings is 1. The number of carbonyl (C=O) groups excluding carboxylic acids is 2. The molecule has 2 fully saturated rings. The Labute approximate surface area is 240 Å². The molecule has 0 bridgehead atoms. The minimum Gasteiger partial charge on any atom is -0.371 e. The van der Waals surface area contributed by atoms with Crippen LogP contribution < -0.4 is 10.2 Å². The van der Waals surface area contributed by atoms with E-state index in [1.165, 1.54) is 18.9 Å². The Morgan fingerprint density at radius 1 is 1.02 bits per heavy atom. The van der Waals surface area contributed by atoms with Gasteiger partial charge < -0.3 is 15.1 Å². The predicted octanol–water partition coefficient (Wildman–Crippen LogP) is 5.91. The maximum atomic E-state index is 15.0. The van der Waals surface area contributed by atoms with Crippen LogP contribution in [0.3, 0.4) is 0 Å². The summed E-state index contributed by atoms with van der Waals surface area (Å²) in [6.45, 7) is 4.28. The van der Waals surface area contributed by atoms with Crippen LogP contribution in [-0.2, 0) is 4.79 Å². The number of benzene rings is 2. The lowest BCUT2D eigenvalue weighted by atomic mass is 9.77. The zero-order chi connectivity index (χ0) is 28.3. The van der Waals surface area contributed by atoms with Crippen LogP contribution in [0.5, 0.6) is 0 Å². The van der Waals surface area contributed by atoms with Crippen LogP contribution in [0.15, 0.2) is 79.2 Å². The van der Waals surface area contributed by atoms with Crippen molar-refractivity contribution >= 4 is 28.9 Å². The van der Waals surface area contributed by atoms with Crippen LogP contribution in [0, 0.1) is 24.6 Å². The predicted molar refractivity (Wildman–Crippen MR) is 159 cm³/mol. The van der Waals surface area contributed by atoms with E-state index in [2.05, 4.69) is 33.5 Å². The number of hydrogen-bond acceptors (Lipinski definition) is 4. The Morgan fingerprint density at radius 3 is 2.59 bits per heavy atom. The third-order valence-electron chi connectivity index (χ3n) is 8.63. The Bertz CT molecular complexity index is 1450. The number of carbonyl (C=O) groups is 2. The molecule has 41 heavy (non-hydrogen) atoms. The summed E-state index contributed by atoms with van der Waals surface area (Å²) in [6.07, 6.45) is 14.1. The number of anilines is 2. The second-order valence-corrected chi connectivity index (χ2v) is 11.2. The largest absolute Gasteiger partial charge is 0.371 e. The van der Waals surface area contributed by atoms with Gasteiger partial charge in [0.1, 0.15) is 5.82 Å². The van der Waals surface area contributed by atoms with Crippen molar-refractivity contribution in [3.05, 3.63) is 96.1 Å². The van der Waals surface area contributed by atoms with Gasteiger partial charge in [-0.15, -0.1) is 0 Å². The standard InChI is InChI=1S/C33H36FN5O2/c1-23-8-4-12-29(34)30(23)33(41)38-20-6-11-28(31(38)24-13-15-26(16-14-24)39-21-7-17-35-39)32(40)36-25-9-5-10-27(22-25)37-18-2-3-19-37/h4-5,7-10,12-13,15-17,21-22,24,28,31H,2-3,6,11,14,18-20H2,1H3,(H,36,40)/t24?,28?,31-/m0/s1. The first-order valence-corrected chi connectivity index (χ1v) is 14.6. The highest BCUT2D eigenvalue weighted by molar-refractivity contribution is 5.98. The van der Waals surface area contributed by atoms with Gasteiger partial charge in [-0.3, -0.25) is 9.59 Å². The third kappa shape index (κ3) is 5.56. The summed E-state index contributed by atoms with van der Waals surface area (Å²) in [5.74, 6) is -1.53. The summed E-state index contributed by atoms with van der Waals surface area (Å²) in [4.78, 5) is 32.0. The third-order valence-corrected chi connectivity index (χ3v) is 8.63. The zero-order valence-electron chi connectivity index (χ0n) is 23.4. The molecule has 2 unspecified atom stereocenters. The van der Waals surface area contributed by atoms with Gasteiger partial charge in [0.15, 0.2) is 0 Å². The van der Waals surface area contributed by atoms with Gasteiger partial charge in [0.25, 0.3) is 5.91 Å². The second-order valence-electron chi connectivity index (χ2n) is 11.2. The molecule has 2 aromatic carbocycles. The smallest absolute Gasteiger partial charge is 0.257 e. The number of nitrogens with one attached hydrogen (secondary N) is 1. The number of halogens is 1. The van der Waals surface area contributed by atoms with Crippen LogP contribution in [0.25, 0.3) is 5.70 Å². The fourth-order valence-corrected chi connectivity index (χ4v) is 6.58. The van der Waals surface area contributed by atoms with Crippen molar-refractivity contribution in [3.8, 4) is 0 Å². The Kier molecular flexibility index (Phi) is 7.72. The average Bonchev–Trinajstić information content (AvgIpc) is 3.72. The molecule has 3 heterocycles. The number of allylic oxidation sites excluding steroid dienone is 3. The van der Waals surface area contributed by atoms with Crippen molar-refractivity contribution < 1.29 is 14.0 Å². The summed E-state index contributed by atoms with van der Waals surface area (Å²) >= 11 is 0. The molecule has 212 valence electrons. The van der Waals surface area contributed by atoms with Gasteiger partial charge in [0, 0.05) is 49.3 Å². The highest BCUT2D eigenvalue weighted by Gasteiger charge is 2.43. The van der Waals surface area contributed by atoms with Crippen molar-refractivity contribution in [1.29, 1.82) is 0 Å². The number of rotatable bonds is 6. The molecule has 7 nitrogen and oxygen atoms in total. The van der Waals surface area contributed by atoms with Crippen molar-refractivity contribution in [2.75, 3.05) is 29.9 Å². The molecule has 8 heteroatoms. The summed E-state index contributed by atoms with van der Waals surface area (Å²) < 4.78 is 16.8. The molecule has 2 saturated heterocycles. The van der Waals surface area contributed by atoms with Crippen molar-refractivity contribution in [1.82, 2.24) is 14.7 Å². The van der Waals surface area contributed by atoms with Gasteiger partial charge in [-0.05, 0) is 81.0 Å². The minimum atomic E-state index is -0.529. The highest BCUT2D eigenvalue weighted by Crippen LogP contribution is 2.37. The van der Waals surface area contributed by atoms with E-state index in [0.29, 0.717) is 31.4 Å². The number of aromatic nitrogens is 2. The second kappa shape index (κ2) is 11.7. The lowest BCUT2D eigenvalue weighted by Gasteiger charge is -2.44. The van der Waals surface area contributed by atoms with Crippen LogP contribution in [0.4, 0.5) is 15.8 Å². The van der Waals surface area contributed by atoms with E-state index in [4.69, 9.17) is 0 Å². The van der Waals surface area contributed by atoms with Crippen molar-refractivity contribution in [2.24, 2.45) is 11.8 Å². The maximum absolute atomic E-state index is 15.0. The molecule has 1 aromatic heterocycles. The monoisotopic (exact) mass is 553 g/mol. The summed E-state index contributed by atoms with van der Waals surface area (Å²) in [7, 11) is 0. The van der Waals surface area contributed by atoms with Crippen LogP contribution in [-0.4, -0.2) is 52.2 Å². The van der Waals surface area contributed by atoms with E-state index in [-0.39, 0.29) is 23.3 Å². The van der Waals surface area contributed by atoms with E-state index in [9.17, 15) is 14.0 Å². The molecule has 6 rings (SSSR count). The quantitative estimate of drug-likeness (QED) is 0.412. The van der Waals surface area contributed by atoms with Crippen LogP contribution in [0.1, 0.15) is 48.0 Å². The van der Waals surface area contributed by atoms with E-state index >= 15 is 0 Å². The molecule has 3 aliphatic rings. The topological polar surface area (TPSA) is 70.5 Å². The minimum absolute atomic E-state index is 0.0874. The SMILES string of the molecule is Cc1cccc(F)c1C(=O)N1CCCC(C(=O)Nc2cccc(N3CCCC3)c2)[C@@H]1C1C=CC(n2cccn2)=CC1. The molecule has 1 N–H and O–H groups in total. The first-order valence-electron chi connectivity index (χ1n) is 14.6. The summed E-state index contributed by atoms with van der Waals surface area (Å²) in [5, 5.41) is 7.50. The van der Waals surface area contributed by atoms with Gasteiger partial charge in [0.05, 0.1) is 23.2 Å². The number of likely N-dealkylation sites (tertiary alicyclic amines) is 1. The van der Waals surface area contributed by atoms with Gasteiger partial charge >= 0.3 is 0 Å². The molecule has 2 aliphatic heterocycles. The number of hydrogen-bond donors (Lipinski definition) is 1. The molecule has 1 aliphatic carbocycles. The van der Waals surface area contributed by atoms with E-state index in [1.54, 1.807) is 34.8 Å². The average molecular weight is 554 g/mol. The summed E-state index contributed by atoms with van der Waals surface area (Å²) in [6, 6.07) is 14.2. The van der Waals surface area contributed by atoms with E-state index < -0.39 is 17.8 Å². The molecule has 0 spiro atoms. The van der Waals surface area contributed by atoms with Crippen LogP contribution in [0.2, 0.25) is 0 Å². The van der Waals surface area contributed by atoms with E-state index in [0.717, 1.165) is 30.2 Å². The zero-order valence-corrected chi connectivity index (χ0v) is 23.4. The first kappa shape index (κ1) is 27.0. The van der Waals surface area contributed by atoms with Crippen molar-refractivity contribution in [3.63, 3.8) is 0 Å². The van der Waals surface area contributed by atoms with Crippen molar-refractivity contribution in [2.45, 2.75) is 45.1 Å². The first-order chi connectivity index (χ1) is 20.0. The Morgan fingerprint density at radius 2 is 1.85 bits per heavy atom. The lowest BCUT2D eigenvalue weighted by molar-refractivity contribution is -0.123. The van der Waals surface area contributed by atoms with E-state index in [1.807, 2.05) is 36.5 Å². The molecule has 2 amide bonds. The van der Waals surface area contributed by atoms with Crippen LogP contribution >= 0.6 is 0 Å². The van der Waals surface area contributed by atoms with Gasteiger partial charge in [0.2, 0.25) is 5.91 Å². The molecular formula is C33H36FN5O2. The number of amides is 2. The number of nitrogens with zero attached hydrogens (tertiary/aromatic N) is 4. The molecule has 3 aromatic rings. The van der Waals surface area contributed by atoms with Gasteiger partial charge in [-0.1, -0.05) is 30.4 Å². The molecule has 0 radical (unpaired) electrons. The van der Waals surface area contributed by atoms with Gasteiger partial charge in [-0.25, -0.2) is 9.07 Å². The fourth-order valence-electron chi connectivity index (χ4n) is 6.58. The molecule has 0 saturated carbocycles. The maximum Gasteiger partial charge on any atom is 0.257 e. The lowest BCUT2D eigenvalue weighted by Crippen LogP contribution is -2.55.